The molecule has 0 radical (unpaired) electrons. The van der Waals surface area contributed by atoms with Crippen molar-refractivity contribution in [1.29, 1.82) is 0 Å². The highest BCUT2D eigenvalue weighted by Crippen LogP contribution is 2.49. The van der Waals surface area contributed by atoms with Crippen molar-refractivity contribution >= 4 is 17.6 Å². The van der Waals surface area contributed by atoms with Crippen LogP contribution in [0.1, 0.15) is 67.3 Å². The van der Waals surface area contributed by atoms with Gasteiger partial charge in [0, 0.05) is 30.4 Å². The van der Waals surface area contributed by atoms with Crippen LogP contribution in [0, 0.1) is 5.82 Å². The first-order valence-corrected chi connectivity index (χ1v) is 12.1. The summed E-state index contributed by atoms with van der Waals surface area (Å²) in [5.74, 6) is 0.610. The number of aromatic nitrogens is 1. The standard InChI is InChI=1S/C26H29FN4O2/c27-18-3-1-2-17(12-18)26(10-11-26)25(33)30-20-13-21-7-8-22(14-20)31(21)23-9-4-16(15-28-23)24(32)29-19-5-6-19/h1-4,9,12,15,19-22H,5-8,10-11,13-14H2,(H,29,32)(H,30,33)/t20-,21+,22-. The number of halogens is 1. The number of anilines is 1. The van der Waals surface area contributed by atoms with E-state index in [-0.39, 0.29) is 23.7 Å². The first-order valence-electron chi connectivity index (χ1n) is 12.1. The zero-order valence-electron chi connectivity index (χ0n) is 18.6. The van der Waals surface area contributed by atoms with Crippen LogP contribution < -0.4 is 15.5 Å². The summed E-state index contributed by atoms with van der Waals surface area (Å²) in [5.41, 5.74) is 0.833. The molecule has 2 aliphatic carbocycles. The minimum Gasteiger partial charge on any atom is -0.352 e. The fraction of sp³-hybridized carbons (Fsp3) is 0.500. The molecule has 2 saturated heterocycles. The Morgan fingerprint density at radius 1 is 0.970 bits per heavy atom. The Hall–Kier alpha value is -2.96. The van der Waals surface area contributed by atoms with E-state index in [1.807, 2.05) is 18.2 Å². The van der Waals surface area contributed by atoms with Gasteiger partial charge in [0.2, 0.25) is 5.91 Å². The molecule has 2 bridgehead atoms. The number of benzene rings is 1. The predicted molar refractivity (Wildman–Crippen MR) is 122 cm³/mol. The quantitative estimate of drug-likeness (QED) is 0.710. The van der Waals surface area contributed by atoms with E-state index in [0.717, 1.165) is 62.7 Å². The van der Waals surface area contributed by atoms with E-state index in [1.165, 1.54) is 12.1 Å². The minimum atomic E-state index is -0.559. The van der Waals surface area contributed by atoms with Crippen LogP contribution in [0.5, 0.6) is 0 Å². The lowest BCUT2D eigenvalue weighted by atomic mass is 9.92. The summed E-state index contributed by atoms with van der Waals surface area (Å²) < 4.78 is 13.7. The van der Waals surface area contributed by atoms with Gasteiger partial charge in [-0.15, -0.1) is 0 Å². The summed E-state index contributed by atoms with van der Waals surface area (Å²) in [7, 11) is 0. The number of hydrogen-bond donors (Lipinski definition) is 2. The SMILES string of the molecule is O=C(NC1CC1)c1ccc(N2[C@@H]3CC[C@H]2C[C@@H](NC(=O)C2(c4cccc(F)c4)CC2)C3)nc1. The highest BCUT2D eigenvalue weighted by atomic mass is 19.1. The number of pyridine rings is 1. The lowest BCUT2D eigenvalue weighted by Gasteiger charge is -2.40. The van der Waals surface area contributed by atoms with Gasteiger partial charge in [-0.3, -0.25) is 9.59 Å². The molecule has 2 N–H and O–H groups in total. The van der Waals surface area contributed by atoms with Crippen LogP contribution in [-0.4, -0.2) is 41.0 Å². The highest BCUT2D eigenvalue weighted by Gasteiger charge is 2.52. The third kappa shape index (κ3) is 3.87. The van der Waals surface area contributed by atoms with Crippen molar-refractivity contribution < 1.29 is 14.0 Å². The maximum atomic E-state index is 13.7. The molecule has 172 valence electrons. The molecule has 2 saturated carbocycles. The van der Waals surface area contributed by atoms with Gasteiger partial charge in [-0.1, -0.05) is 12.1 Å². The summed E-state index contributed by atoms with van der Waals surface area (Å²) in [6.45, 7) is 0. The number of amides is 2. The Labute approximate surface area is 193 Å². The van der Waals surface area contributed by atoms with Crippen molar-refractivity contribution in [2.75, 3.05) is 4.90 Å². The lowest BCUT2D eigenvalue weighted by Crippen LogP contribution is -2.52. The number of carbonyl (C=O) groups is 2. The predicted octanol–water partition coefficient (Wildman–Crippen LogP) is 3.46. The van der Waals surface area contributed by atoms with Crippen molar-refractivity contribution in [3.63, 3.8) is 0 Å². The average molecular weight is 449 g/mol. The number of nitrogens with zero attached hydrogens (tertiary/aromatic N) is 2. The summed E-state index contributed by atoms with van der Waals surface area (Å²) >= 11 is 0. The van der Waals surface area contributed by atoms with E-state index >= 15 is 0 Å². The molecule has 6 rings (SSSR count). The van der Waals surface area contributed by atoms with Crippen LogP contribution >= 0.6 is 0 Å². The van der Waals surface area contributed by atoms with Crippen LogP contribution in [0.2, 0.25) is 0 Å². The monoisotopic (exact) mass is 448 g/mol. The van der Waals surface area contributed by atoms with Crippen molar-refractivity contribution in [2.24, 2.45) is 0 Å². The second-order valence-electron chi connectivity index (χ2n) is 10.2. The Bertz CT molecular complexity index is 1070. The zero-order valence-corrected chi connectivity index (χ0v) is 18.6. The molecule has 1 aromatic carbocycles. The molecule has 6 nitrogen and oxygen atoms in total. The first-order chi connectivity index (χ1) is 16.0. The molecule has 0 unspecified atom stereocenters. The lowest BCUT2D eigenvalue weighted by molar-refractivity contribution is -0.124. The highest BCUT2D eigenvalue weighted by molar-refractivity contribution is 5.94. The molecule has 2 aliphatic heterocycles. The van der Waals surface area contributed by atoms with Gasteiger partial charge in [0.15, 0.2) is 0 Å². The fourth-order valence-electron chi connectivity index (χ4n) is 5.72. The van der Waals surface area contributed by atoms with Crippen molar-refractivity contribution in [3.8, 4) is 0 Å². The molecule has 3 heterocycles. The van der Waals surface area contributed by atoms with E-state index in [4.69, 9.17) is 0 Å². The molecule has 2 aromatic rings. The van der Waals surface area contributed by atoms with E-state index in [2.05, 4.69) is 20.5 Å². The molecule has 7 heteroatoms. The average Bonchev–Trinajstić information content (AvgIpc) is 3.73. The first kappa shape index (κ1) is 20.6. The van der Waals surface area contributed by atoms with Crippen LogP contribution in [0.25, 0.3) is 0 Å². The van der Waals surface area contributed by atoms with Crippen LogP contribution in [-0.2, 0) is 10.2 Å². The molecule has 4 aliphatic rings. The molecule has 2 amide bonds. The van der Waals surface area contributed by atoms with E-state index in [0.29, 0.717) is 23.7 Å². The number of carbonyl (C=O) groups excluding carboxylic acids is 2. The Kier molecular flexibility index (Phi) is 4.89. The van der Waals surface area contributed by atoms with Crippen LogP contribution in [0.15, 0.2) is 42.6 Å². The molecular formula is C26H29FN4O2. The van der Waals surface area contributed by atoms with Crippen molar-refractivity contribution in [3.05, 3.63) is 59.5 Å². The third-order valence-electron chi connectivity index (χ3n) is 7.82. The molecular weight excluding hydrogens is 419 g/mol. The topological polar surface area (TPSA) is 74.3 Å². The van der Waals surface area contributed by atoms with E-state index < -0.39 is 5.41 Å². The molecule has 0 spiro atoms. The summed E-state index contributed by atoms with van der Waals surface area (Å²) in [6.07, 6.45) is 9.29. The summed E-state index contributed by atoms with van der Waals surface area (Å²) in [6, 6.07) is 11.4. The third-order valence-corrected chi connectivity index (χ3v) is 7.82. The molecule has 4 fully saturated rings. The Morgan fingerprint density at radius 2 is 1.73 bits per heavy atom. The summed E-state index contributed by atoms with van der Waals surface area (Å²) in [4.78, 5) is 32.4. The second kappa shape index (κ2) is 7.82. The maximum absolute atomic E-state index is 13.7. The number of hydrogen-bond acceptors (Lipinski definition) is 4. The minimum absolute atomic E-state index is 0.0371. The van der Waals surface area contributed by atoms with Gasteiger partial charge in [0.25, 0.3) is 5.91 Å². The normalized spacial score (nSPS) is 27.2. The largest absolute Gasteiger partial charge is 0.352 e. The van der Waals surface area contributed by atoms with Gasteiger partial charge >= 0.3 is 0 Å². The zero-order chi connectivity index (χ0) is 22.6. The van der Waals surface area contributed by atoms with Gasteiger partial charge in [-0.05, 0) is 81.2 Å². The van der Waals surface area contributed by atoms with Crippen molar-refractivity contribution in [1.82, 2.24) is 15.6 Å². The number of fused-ring (bicyclic) bond motifs is 2. The van der Waals surface area contributed by atoms with E-state index in [9.17, 15) is 14.0 Å². The smallest absolute Gasteiger partial charge is 0.253 e. The Morgan fingerprint density at radius 3 is 2.33 bits per heavy atom. The number of nitrogens with one attached hydrogen (secondary N) is 2. The van der Waals surface area contributed by atoms with Gasteiger partial charge in [-0.2, -0.15) is 0 Å². The van der Waals surface area contributed by atoms with Gasteiger partial charge in [0.05, 0.1) is 11.0 Å². The summed E-state index contributed by atoms with van der Waals surface area (Å²) in [5, 5.41) is 6.30. The number of piperidine rings is 1. The maximum Gasteiger partial charge on any atom is 0.253 e. The fourth-order valence-corrected chi connectivity index (χ4v) is 5.72. The molecule has 3 atom stereocenters. The molecule has 1 aromatic heterocycles. The van der Waals surface area contributed by atoms with Crippen LogP contribution in [0.4, 0.5) is 10.2 Å². The van der Waals surface area contributed by atoms with Gasteiger partial charge < -0.3 is 15.5 Å². The van der Waals surface area contributed by atoms with Crippen LogP contribution in [0.3, 0.4) is 0 Å². The number of rotatable bonds is 6. The van der Waals surface area contributed by atoms with Crippen molar-refractivity contribution in [2.45, 2.75) is 80.9 Å². The van der Waals surface area contributed by atoms with E-state index in [1.54, 1.807) is 12.3 Å². The second-order valence-corrected chi connectivity index (χ2v) is 10.2. The molecule has 33 heavy (non-hydrogen) atoms. The van der Waals surface area contributed by atoms with Gasteiger partial charge in [0.1, 0.15) is 11.6 Å². The van der Waals surface area contributed by atoms with Gasteiger partial charge in [-0.25, -0.2) is 9.37 Å². The Balaban J connectivity index is 1.11.